The fourth-order valence-electron chi connectivity index (χ4n) is 1.09. The molecule has 1 atom stereocenters. The minimum Gasteiger partial charge on any atom is -0.504 e. The molecule has 4 nitrogen and oxygen atoms in total. The molecule has 0 radical (unpaired) electrons. The molecule has 1 rings (SSSR count). The van der Waals surface area contributed by atoms with Crippen LogP contribution in [0.2, 0.25) is 0 Å². The lowest BCUT2D eigenvalue weighted by Crippen LogP contribution is -2.30. The van der Waals surface area contributed by atoms with E-state index in [1.807, 2.05) is 0 Å². The Hall–Kier alpha value is -2.18. The highest BCUT2D eigenvalue weighted by atomic mass is 19.4. The predicted molar refractivity (Wildman–Crippen MR) is 60.4 cm³/mol. The molecule has 0 amide bonds. The van der Waals surface area contributed by atoms with Gasteiger partial charge < -0.3 is 14.9 Å². The van der Waals surface area contributed by atoms with Gasteiger partial charge in [-0.2, -0.15) is 13.2 Å². The van der Waals surface area contributed by atoms with E-state index in [1.165, 1.54) is 12.1 Å². The molecule has 19 heavy (non-hydrogen) atoms. The number of alkyl halides is 3. The summed E-state index contributed by atoms with van der Waals surface area (Å²) in [4.78, 5) is 11.1. The summed E-state index contributed by atoms with van der Waals surface area (Å²) >= 11 is 0. The number of halogens is 3. The summed E-state index contributed by atoms with van der Waals surface area (Å²) in [7, 11) is 0. The van der Waals surface area contributed by atoms with Crippen molar-refractivity contribution in [3.63, 3.8) is 0 Å². The first-order valence-electron chi connectivity index (χ1n) is 5.17. The maximum Gasteiger partial charge on any atom is 0.425 e. The fourth-order valence-corrected chi connectivity index (χ4v) is 1.09. The maximum atomic E-state index is 12.1. The molecule has 1 unspecified atom stereocenters. The van der Waals surface area contributed by atoms with Crippen LogP contribution in [0.4, 0.5) is 13.2 Å². The lowest BCUT2D eigenvalue weighted by Gasteiger charge is -2.14. The molecule has 0 saturated heterocycles. The molecule has 0 fully saturated rings. The summed E-state index contributed by atoms with van der Waals surface area (Å²) < 4.78 is 40.5. The second kappa shape index (κ2) is 5.64. The van der Waals surface area contributed by atoms with Gasteiger partial charge in [-0.3, -0.25) is 0 Å². The van der Waals surface area contributed by atoms with E-state index < -0.39 is 24.0 Å². The van der Waals surface area contributed by atoms with Crippen LogP contribution >= 0.6 is 0 Å². The Labute approximate surface area is 106 Å². The number of hydrogen-bond acceptors (Lipinski definition) is 4. The van der Waals surface area contributed by atoms with Crippen LogP contribution in [0.1, 0.15) is 12.5 Å². The Morgan fingerprint density at radius 1 is 1.32 bits per heavy atom. The van der Waals surface area contributed by atoms with Crippen molar-refractivity contribution in [1.82, 2.24) is 0 Å². The summed E-state index contributed by atoms with van der Waals surface area (Å²) in [6.07, 6.45) is -4.85. The third-order valence-electron chi connectivity index (χ3n) is 2.17. The van der Waals surface area contributed by atoms with Gasteiger partial charge in [0, 0.05) is 6.08 Å². The average molecular weight is 276 g/mol. The van der Waals surface area contributed by atoms with Gasteiger partial charge in [-0.15, -0.1) is 0 Å². The first kappa shape index (κ1) is 14.9. The predicted octanol–water partition coefficient (Wildman–Crippen LogP) is 2.61. The largest absolute Gasteiger partial charge is 0.504 e. The number of ether oxygens (including phenoxy) is 1. The molecule has 0 aliphatic heterocycles. The van der Waals surface area contributed by atoms with Gasteiger partial charge in [0.1, 0.15) is 0 Å². The van der Waals surface area contributed by atoms with Crippen LogP contribution in [0.15, 0.2) is 24.3 Å². The van der Waals surface area contributed by atoms with Crippen LogP contribution in [0.3, 0.4) is 0 Å². The zero-order valence-electron chi connectivity index (χ0n) is 9.81. The van der Waals surface area contributed by atoms with Crippen molar-refractivity contribution in [2.45, 2.75) is 19.2 Å². The van der Waals surface area contributed by atoms with Gasteiger partial charge in [-0.1, -0.05) is 6.07 Å². The smallest absolute Gasteiger partial charge is 0.425 e. The van der Waals surface area contributed by atoms with Crippen molar-refractivity contribution in [3.8, 4) is 11.5 Å². The Bertz CT molecular complexity index is 494. The number of carbonyl (C=O) groups excluding carboxylic acids is 1. The summed E-state index contributed by atoms with van der Waals surface area (Å²) in [5, 5.41) is 18.2. The van der Waals surface area contributed by atoms with E-state index in [9.17, 15) is 18.0 Å². The summed E-state index contributed by atoms with van der Waals surface area (Å²) in [6.45, 7) is 0.720. The van der Waals surface area contributed by atoms with Gasteiger partial charge in [-0.25, -0.2) is 4.79 Å². The summed E-state index contributed by atoms with van der Waals surface area (Å²) in [5.74, 6) is -1.90. The molecule has 0 spiro atoms. The number of benzene rings is 1. The Morgan fingerprint density at radius 3 is 2.47 bits per heavy atom. The topological polar surface area (TPSA) is 66.8 Å². The Kier molecular flexibility index (Phi) is 4.42. The molecule has 1 aromatic rings. The van der Waals surface area contributed by atoms with Gasteiger partial charge in [0.15, 0.2) is 17.6 Å². The molecular weight excluding hydrogens is 265 g/mol. The van der Waals surface area contributed by atoms with Crippen molar-refractivity contribution < 1.29 is 32.9 Å². The second-order valence-electron chi connectivity index (χ2n) is 3.70. The highest BCUT2D eigenvalue weighted by Gasteiger charge is 2.38. The van der Waals surface area contributed by atoms with E-state index in [0.717, 1.165) is 25.1 Å². The van der Waals surface area contributed by atoms with Gasteiger partial charge in [0.2, 0.25) is 0 Å². The van der Waals surface area contributed by atoms with Crippen LogP contribution in [-0.2, 0) is 9.53 Å². The first-order chi connectivity index (χ1) is 8.70. The van der Waals surface area contributed by atoms with Crippen LogP contribution in [0.25, 0.3) is 6.08 Å². The molecule has 7 heteroatoms. The van der Waals surface area contributed by atoms with Crippen LogP contribution < -0.4 is 0 Å². The van der Waals surface area contributed by atoms with E-state index >= 15 is 0 Å². The summed E-state index contributed by atoms with van der Waals surface area (Å²) in [5.41, 5.74) is 0.326. The minimum absolute atomic E-state index is 0.326. The third-order valence-corrected chi connectivity index (χ3v) is 2.17. The van der Waals surface area contributed by atoms with Gasteiger partial charge in [0.25, 0.3) is 0 Å². The van der Waals surface area contributed by atoms with E-state index in [0.29, 0.717) is 5.56 Å². The average Bonchev–Trinajstić information content (AvgIpc) is 2.29. The van der Waals surface area contributed by atoms with E-state index in [4.69, 9.17) is 10.2 Å². The van der Waals surface area contributed by atoms with Gasteiger partial charge in [0.05, 0.1) is 0 Å². The lowest BCUT2D eigenvalue weighted by atomic mass is 10.2. The number of rotatable bonds is 3. The number of hydrogen-bond donors (Lipinski definition) is 2. The highest BCUT2D eigenvalue weighted by Crippen LogP contribution is 2.25. The molecular formula is C12H11F3O4. The second-order valence-corrected chi connectivity index (χ2v) is 3.70. The summed E-state index contributed by atoms with van der Waals surface area (Å²) in [6, 6.07) is 3.69. The van der Waals surface area contributed by atoms with Crippen molar-refractivity contribution >= 4 is 12.0 Å². The van der Waals surface area contributed by atoms with Crippen LogP contribution in [-0.4, -0.2) is 28.5 Å². The molecule has 2 N–H and O–H groups in total. The number of phenols is 2. The molecule has 1 aromatic carbocycles. The minimum atomic E-state index is -4.61. The van der Waals surface area contributed by atoms with E-state index in [2.05, 4.69) is 4.74 Å². The number of phenolic OH excluding ortho intramolecular Hbond substituents is 2. The Balaban J connectivity index is 2.66. The normalized spacial score (nSPS) is 13.5. The fraction of sp³-hybridized carbons (Fsp3) is 0.250. The molecule has 0 aliphatic carbocycles. The monoisotopic (exact) mass is 276 g/mol. The lowest BCUT2D eigenvalue weighted by molar-refractivity contribution is -0.213. The van der Waals surface area contributed by atoms with Crippen molar-refractivity contribution in [2.24, 2.45) is 0 Å². The quantitative estimate of drug-likeness (QED) is 0.506. The van der Waals surface area contributed by atoms with Crippen molar-refractivity contribution in [2.75, 3.05) is 0 Å². The molecule has 0 heterocycles. The zero-order valence-corrected chi connectivity index (χ0v) is 9.81. The van der Waals surface area contributed by atoms with Crippen molar-refractivity contribution in [3.05, 3.63) is 29.8 Å². The van der Waals surface area contributed by atoms with Crippen molar-refractivity contribution in [1.29, 1.82) is 0 Å². The number of carbonyl (C=O) groups is 1. The van der Waals surface area contributed by atoms with Gasteiger partial charge in [-0.05, 0) is 30.7 Å². The molecule has 0 bridgehead atoms. The standard InChI is InChI=1S/C12H11F3O4/c1-7(12(13,14)15)19-11(18)5-3-8-2-4-9(16)10(17)6-8/h2-7,16-17H,1H3/b5-3+. The number of aromatic hydroxyl groups is 2. The molecule has 0 saturated carbocycles. The number of esters is 1. The SMILES string of the molecule is CC(OC(=O)/C=C/c1ccc(O)c(O)c1)C(F)(F)F. The maximum absolute atomic E-state index is 12.1. The van der Waals surface area contributed by atoms with Crippen LogP contribution in [0, 0.1) is 0 Å². The highest BCUT2D eigenvalue weighted by molar-refractivity contribution is 5.87. The van der Waals surface area contributed by atoms with Crippen LogP contribution in [0.5, 0.6) is 11.5 Å². The van der Waals surface area contributed by atoms with E-state index in [-0.39, 0.29) is 5.75 Å². The zero-order chi connectivity index (χ0) is 14.6. The molecule has 0 aliphatic rings. The van der Waals surface area contributed by atoms with Gasteiger partial charge >= 0.3 is 12.1 Å². The molecule has 0 aromatic heterocycles. The Morgan fingerprint density at radius 2 is 1.95 bits per heavy atom. The third kappa shape index (κ3) is 4.53. The van der Waals surface area contributed by atoms with E-state index in [1.54, 1.807) is 0 Å². The molecule has 104 valence electrons. The first-order valence-corrected chi connectivity index (χ1v) is 5.17.